The van der Waals surface area contributed by atoms with Crippen molar-refractivity contribution in [3.63, 3.8) is 0 Å². The molecule has 3 rings (SSSR count). The summed E-state index contributed by atoms with van der Waals surface area (Å²) >= 11 is 11.9. The third kappa shape index (κ3) is 2.80. The van der Waals surface area contributed by atoms with Crippen molar-refractivity contribution in [3.05, 3.63) is 68.8 Å². The monoisotopic (exact) mass is 334 g/mol. The van der Waals surface area contributed by atoms with Crippen molar-refractivity contribution in [2.75, 3.05) is 7.11 Å². The second-order valence-corrected chi connectivity index (χ2v) is 5.54. The van der Waals surface area contributed by atoms with Gasteiger partial charge in [-0.3, -0.25) is 4.79 Å². The zero-order valence-electron chi connectivity index (χ0n) is 11.7. The maximum atomic E-state index is 12.6. The number of rotatable bonds is 3. The largest absolute Gasteiger partial charge is 0.497 e. The number of methoxy groups -OCH3 is 1. The molecule has 0 fully saturated rings. The molecule has 0 bridgehead atoms. The topological polar surface area (TPSA) is 44.1 Å². The average Bonchev–Trinajstić information content (AvgIpc) is 2.50. The van der Waals surface area contributed by atoms with Crippen molar-refractivity contribution < 1.29 is 4.74 Å². The first-order valence-corrected chi connectivity index (χ1v) is 7.32. The molecule has 0 spiro atoms. The summed E-state index contributed by atoms with van der Waals surface area (Å²) in [5, 5.41) is 1.45. The van der Waals surface area contributed by atoms with Gasteiger partial charge in [-0.1, -0.05) is 35.3 Å². The Kier molecular flexibility index (Phi) is 4.05. The van der Waals surface area contributed by atoms with Gasteiger partial charge in [-0.2, -0.15) is 0 Å². The summed E-state index contributed by atoms with van der Waals surface area (Å²) in [5.41, 5.74) is 0.794. The van der Waals surface area contributed by atoms with Crippen LogP contribution in [-0.4, -0.2) is 16.7 Å². The highest BCUT2D eigenvalue weighted by molar-refractivity contribution is 6.36. The highest BCUT2D eigenvalue weighted by Crippen LogP contribution is 2.22. The number of aromatic nitrogens is 2. The fraction of sp³-hybridized carbons (Fsp3) is 0.125. The molecule has 0 atom stereocenters. The smallest absolute Gasteiger partial charge is 0.261 e. The predicted molar refractivity (Wildman–Crippen MR) is 88.1 cm³/mol. The van der Waals surface area contributed by atoms with E-state index in [1.165, 1.54) is 0 Å². The van der Waals surface area contributed by atoms with Crippen LogP contribution in [0.2, 0.25) is 10.3 Å². The first-order valence-electron chi connectivity index (χ1n) is 6.56. The highest BCUT2D eigenvalue weighted by atomic mass is 35.5. The molecule has 0 unspecified atom stereocenters. The molecule has 0 aliphatic rings. The molecule has 6 heteroatoms. The van der Waals surface area contributed by atoms with Crippen LogP contribution >= 0.6 is 23.2 Å². The highest BCUT2D eigenvalue weighted by Gasteiger charge is 2.10. The quantitative estimate of drug-likeness (QED) is 0.685. The van der Waals surface area contributed by atoms with Gasteiger partial charge in [-0.25, -0.2) is 4.98 Å². The molecule has 0 saturated heterocycles. The minimum absolute atomic E-state index is 0.122. The number of nitrogens with zero attached hydrogens (tertiary/aromatic N) is 2. The summed E-state index contributed by atoms with van der Waals surface area (Å²) in [4.78, 5) is 16.5. The first kappa shape index (κ1) is 14.9. The van der Waals surface area contributed by atoms with Crippen molar-refractivity contribution >= 4 is 34.0 Å². The molecule has 0 saturated carbocycles. The number of hydrogen-bond acceptors (Lipinski definition) is 3. The van der Waals surface area contributed by atoms with Crippen LogP contribution in [0.25, 0.3) is 10.8 Å². The minimum atomic E-state index is -0.192. The van der Waals surface area contributed by atoms with E-state index in [0.717, 1.165) is 11.3 Å². The van der Waals surface area contributed by atoms with E-state index in [-0.39, 0.29) is 15.9 Å². The molecule has 2 aromatic heterocycles. The zero-order chi connectivity index (χ0) is 15.7. The molecule has 0 N–H and O–H groups in total. The van der Waals surface area contributed by atoms with Gasteiger partial charge in [0.2, 0.25) is 0 Å². The van der Waals surface area contributed by atoms with Crippen LogP contribution in [0.5, 0.6) is 5.75 Å². The summed E-state index contributed by atoms with van der Waals surface area (Å²) in [6.07, 6.45) is 1.72. The molecule has 0 aliphatic carbocycles. The standard InChI is InChI=1S/C16H12Cl2N2O2/c1-22-12-4-2-10(3-5-12)9-20-7-6-11-8-13(17)19-15(18)14(11)16(20)21/h2-8H,9H2,1H3. The molecule has 0 radical (unpaired) electrons. The fourth-order valence-corrected chi connectivity index (χ4v) is 2.80. The lowest BCUT2D eigenvalue weighted by atomic mass is 10.2. The summed E-state index contributed by atoms with van der Waals surface area (Å²) in [6.45, 7) is 0.442. The third-order valence-corrected chi connectivity index (χ3v) is 3.86. The Morgan fingerprint density at radius 2 is 1.91 bits per heavy atom. The van der Waals surface area contributed by atoms with E-state index in [9.17, 15) is 4.79 Å². The Balaban J connectivity index is 2.04. The Labute approximate surface area is 136 Å². The summed E-state index contributed by atoms with van der Waals surface area (Å²) in [5.74, 6) is 0.775. The fourth-order valence-electron chi connectivity index (χ4n) is 2.28. The number of hydrogen-bond donors (Lipinski definition) is 0. The first-order chi connectivity index (χ1) is 10.6. The van der Waals surface area contributed by atoms with Gasteiger partial charge in [0.15, 0.2) is 0 Å². The maximum Gasteiger partial charge on any atom is 0.261 e. The van der Waals surface area contributed by atoms with E-state index in [4.69, 9.17) is 27.9 Å². The van der Waals surface area contributed by atoms with E-state index in [0.29, 0.717) is 17.3 Å². The zero-order valence-corrected chi connectivity index (χ0v) is 13.2. The van der Waals surface area contributed by atoms with Crippen molar-refractivity contribution in [1.29, 1.82) is 0 Å². The molecular weight excluding hydrogens is 323 g/mol. The van der Waals surface area contributed by atoms with Crippen LogP contribution in [0.1, 0.15) is 5.56 Å². The molecule has 1 aromatic carbocycles. The lowest BCUT2D eigenvalue weighted by Gasteiger charge is -2.09. The maximum absolute atomic E-state index is 12.6. The van der Waals surface area contributed by atoms with E-state index >= 15 is 0 Å². The lowest BCUT2D eigenvalue weighted by Crippen LogP contribution is -2.20. The number of halogens is 2. The van der Waals surface area contributed by atoms with Gasteiger partial charge >= 0.3 is 0 Å². The number of fused-ring (bicyclic) bond motifs is 1. The second kappa shape index (κ2) is 5.99. The SMILES string of the molecule is COc1ccc(Cn2ccc3cc(Cl)nc(Cl)c3c2=O)cc1. The predicted octanol–water partition coefficient (Wildman–Crippen LogP) is 3.76. The lowest BCUT2D eigenvalue weighted by molar-refractivity contribution is 0.414. The van der Waals surface area contributed by atoms with E-state index in [1.54, 1.807) is 30.0 Å². The van der Waals surface area contributed by atoms with Crippen LogP contribution in [-0.2, 0) is 6.54 Å². The van der Waals surface area contributed by atoms with Gasteiger partial charge in [0.25, 0.3) is 5.56 Å². The van der Waals surface area contributed by atoms with Gasteiger partial charge in [0.1, 0.15) is 16.1 Å². The van der Waals surface area contributed by atoms with E-state index < -0.39 is 0 Å². The molecular formula is C16H12Cl2N2O2. The number of benzene rings is 1. The van der Waals surface area contributed by atoms with Gasteiger partial charge in [0.05, 0.1) is 19.0 Å². The van der Waals surface area contributed by atoms with E-state index in [2.05, 4.69) is 4.98 Å². The van der Waals surface area contributed by atoms with Crippen LogP contribution in [0.4, 0.5) is 0 Å². The van der Waals surface area contributed by atoms with Crippen LogP contribution in [0, 0.1) is 0 Å². The molecule has 22 heavy (non-hydrogen) atoms. The summed E-state index contributed by atoms with van der Waals surface area (Å²) in [7, 11) is 1.61. The normalized spacial score (nSPS) is 10.9. The van der Waals surface area contributed by atoms with Gasteiger partial charge in [-0.05, 0) is 35.2 Å². The molecule has 4 nitrogen and oxygen atoms in total. The van der Waals surface area contributed by atoms with Crippen molar-refractivity contribution in [3.8, 4) is 5.75 Å². The molecule has 2 heterocycles. The van der Waals surface area contributed by atoms with Crippen molar-refractivity contribution in [2.24, 2.45) is 0 Å². The minimum Gasteiger partial charge on any atom is -0.497 e. The second-order valence-electron chi connectivity index (χ2n) is 4.80. The molecule has 3 aromatic rings. The van der Waals surface area contributed by atoms with Gasteiger partial charge in [-0.15, -0.1) is 0 Å². The van der Waals surface area contributed by atoms with Crippen molar-refractivity contribution in [2.45, 2.75) is 6.54 Å². The Morgan fingerprint density at radius 1 is 1.18 bits per heavy atom. The molecule has 112 valence electrons. The number of ether oxygens (including phenoxy) is 1. The average molecular weight is 335 g/mol. The Morgan fingerprint density at radius 3 is 2.59 bits per heavy atom. The third-order valence-electron chi connectivity index (χ3n) is 3.40. The van der Waals surface area contributed by atoms with Gasteiger partial charge in [0, 0.05) is 6.20 Å². The molecule has 0 amide bonds. The Hall–Kier alpha value is -2.04. The molecule has 0 aliphatic heterocycles. The van der Waals surface area contributed by atoms with Crippen molar-refractivity contribution in [1.82, 2.24) is 9.55 Å². The van der Waals surface area contributed by atoms with Crippen LogP contribution < -0.4 is 10.3 Å². The van der Waals surface area contributed by atoms with Crippen LogP contribution in [0.3, 0.4) is 0 Å². The van der Waals surface area contributed by atoms with Crippen LogP contribution in [0.15, 0.2) is 47.4 Å². The summed E-state index contributed by atoms with van der Waals surface area (Å²) in [6, 6.07) is 11.0. The van der Waals surface area contributed by atoms with E-state index in [1.807, 2.05) is 24.3 Å². The summed E-state index contributed by atoms with van der Waals surface area (Å²) < 4.78 is 6.71. The Bertz CT molecular complexity index is 889. The van der Waals surface area contributed by atoms with Gasteiger partial charge < -0.3 is 9.30 Å². The number of pyridine rings is 2.